The molecule has 5 heteroatoms. The highest BCUT2D eigenvalue weighted by Gasteiger charge is 2.26. The zero-order chi connectivity index (χ0) is 18.6. The van der Waals surface area contributed by atoms with Crippen LogP contribution in [-0.2, 0) is 12.8 Å². The monoisotopic (exact) mass is 365 g/mol. The number of fused-ring (bicyclic) bond motifs is 1. The number of aromatic nitrogens is 1. The van der Waals surface area contributed by atoms with E-state index in [2.05, 4.69) is 27.3 Å². The van der Waals surface area contributed by atoms with Gasteiger partial charge in [0.15, 0.2) is 0 Å². The number of nitrogens with zero attached hydrogens (tertiary/aromatic N) is 2. The van der Waals surface area contributed by atoms with Gasteiger partial charge in [0.05, 0.1) is 5.56 Å². The van der Waals surface area contributed by atoms with Crippen LogP contribution in [-0.4, -0.2) is 41.5 Å². The summed E-state index contributed by atoms with van der Waals surface area (Å²) in [5, 5.41) is 2.77. The molecule has 2 aromatic rings. The van der Waals surface area contributed by atoms with Crippen LogP contribution < -0.4 is 10.1 Å². The van der Waals surface area contributed by atoms with Crippen molar-refractivity contribution in [1.29, 1.82) is 0 Å². The van der Waals surface area contributed by atoms with E-state index in [1.165, 1.54) is 36.9 Å². The van der Waals surface area contributed by atoms with Gasteiger partial charge in [-0.05, 0) is 61.9 Å². The van der Waals surface area contributed by atoms with Crippen molar-refractivity contribution < 1.29 is 9.53 Å². The Balaban J connectivity index is 1.42. The van der Waals surface area contributed by atoms with Gasteiger partial charge in [0.1, 0.15) is 5.75 Å². The molecular formula is C22H27N3O2. The Morgan fingerprint density at radius 2 is 2.00 bits per heavy atom. The molecule has 1 saturated carbocycles. The SMILES string of the molecule is CCNC(=O)c1ccc(Oc2ccc3c(c2)CCN(C2CCC2)CC3)nc1. The summed E-state index contributed by atoms with van der Waals surface area (Å²) in [6, 6.07) is 10.7. The second kappa shape index (κ2) is 8.09. The van der Waals surface area contributed by atoms with Crippen molar-refractivity contribution in [2.45, 2.75) is 45.1 Å². The van der Waals surface area contributed by atoms with Crippen LogP contribution in [0.4, 0.5) is 0 Å². The van der Waals surface area contributed by atoms with Gasteiger partial charge < -0.3 is 10.1 Å². The third-order valence-corrected chi connectivity index (χ3v) is 5.66. The number of rotatable bonds is 5. The Kier molecular flexibility index (Phi) is 5.39. The number of hydrogen-bond donors (Lipinski definition) is 1. The third kappa shape index (κ3) is 4.14. The highest BCUT2D eigenvalue weighted by atomic mass is 16.5. The zero-order valence-electron chi connectivity index (χ0n) is 15.9. The average molecular weight is 365 g/mol. The van der Waals surface area contributed by atoms with E-state index in [0.717, 1.165) is 31.2 Å². The third-order valence-electron chi connectivity index (χ3n) is 5.66. The van der Waals surface area contributed by atoms with Crippen molar-refractivity contribution in [2.75, 3.05) is 19.6 Å². The first kappa shape index (κ1) is 18.0. The second-order valence-electron chi connectivity index (χ2n) is 7.40. The molecule has 1 aliphatic carbocycles. The second-order valence-corrected chi connectivity index (χ2v) is 7.40. The first-order valence-electron chi connectivity index (χ1n) is 10.0. The van der Waals surface area contributed by atoms with Gasteiger partial charge in [-0.25, -0.2) is 4.98 Å². The molecule has 1 amide bonds. The lowest BCUT2D eigenvalue weighted by Crippen LogP contribution is -2.41. The van der Waals surface area contributed by atoms with Gasteiger partial charge in [-0.15, -0.1) is 0 Å². The Morgan fingerprint density at radius 3 is 2.67 bits per heavy atom. The molecule has 0 radical (unpaired) electrons. The van der Waals surface area contributed by atoms with Gasteiger partial charge in [-0.1, -0.05) is 12.5 Å². The van der Waals surface area contributed by atoms with Crippen LogP contribution in [0.15, 0.2) is 36.5 Å². The predicted octanol–water partition coefficient (Wildman–Crippen LogP) is 3.58. The van der Waals surface area contributed by atoms with Gasteiger partial charge in [0, 0.05) is 37.9 Å². The summed E-state index contributed by atoms with van der Waals surface area (Å²) in [6.45, 7) is 4.80. The molecule has 1 fully saturated rings. The standard InChI is InChI=1S/C22H27N3O2/c1-2-23-22(26)18-7-9-21(24-15-18)27-20-8-6-16-10-12-25(19-4-3-5-19)13-11-17(16)14-20/h6-9,14-15,19H,2-5,10-13H2,1H3,(H,23,26). The van der Waals surface area contributed by atoms with Crippen molar-refractivity contribution in [2.24, 2.45) is 0 Å². The maximum absolute atomic E-state index is 11.8. The molecule has 2 aliphatic rings. The molecule has 1 aromatic carbocycles. The topological polar surface area (TPSA) is 54.5 Å². The van der Waals surface area contributed by atoms with Crippen molar-refractivity contribution >= 4 is 5.91 Å². The highest BCUT2D eigenvalue weighted by Crippen LogP contribution is 2.29. The van der Waals surface area contributed by atoms with Gasteiger partial charge in [-0.3, -0.25) is 9.69 Å². The summed E-state index contributed by atoms with van der Waals surface area (Å²) in [6.07, 6.45) is 7.86. The smallest absolute Gasteiger partial charge is 0.252 e. The van der Waals surface area contributed by atoms with E-state index < -0.39 is 0 Å². The van der Waals surface area contributed by atoms with Crippen molar-refractivity contribution in [3.8, 4) is 11.6 Å². The minimum Gasteiger partial charge on any atom is -0.439 e. The molecule has 0 spiro atoms. The number of nitrogens with one attached hydrogen (secondary N) is 1. The van der Waals surface area contributed by atoms with Crippen LogP contribution >= 0.6 is 0 Å². The Morgan fingerprint density at radius 1 is 1.19 bits per heavy atom. The van der Waals surface area contributed by atoms with E-state index in [1.54, 1.807) is 18.3 Å². The maximum atomic E-state index is 11.8. The van der Waals surface area contributed by atoms with Crippen LogP contribution in [0.3, 0.4) is 0 Å². The first-order valence-corrected chi connectivity index (χ1v) is 10.0. The molecule has 5 nitrogen and oxygen atoms in total. The molecule has 1 aliphatic heterocycles. The van der Waals surface area contributed by atoms with Gasteiger partial charge in [0.25, 0.3) is 5.91 Å². The molecule has 1 N–H and O–H groups in total. The molecule has 0 saturated heterocycles. The fraction of sp³-hybridized carbons (Fsp3) is 0.455. The van der Waals surface area contributed by atoms with Gasteiger partial charge in [0.2, 0.25) is 5.88 Å². The van der Waals surface area contributed by atoms with Crippen molar-refractivity contribution in [3.63, 3.8) is 0 Å². The average Bonchev–Trinajstić information content (AvgIpc) is 2.84. The Bertz CT molecular complexity index is 800. The molecule has 0 bridgehead atoms. The fourth-order valence-corrected chi connectivity index (χ4v) is 3.86. The van der Waals surface area contributed by atoms with Crippen LogP contribution in [0, 0.1) is 0 Å². The van der Waals surface area contributed by atoms with E-state index in [9.17, 15) is 4.79 Å². The largest absolute Gasteiger partial charge is 0.439 e. The minimum absolute atomic E-state index is 0.113. The number of ether oxygens (including phenoxy) is 1. The van der Waals surface area contributed by atoms with Crippen molar-refractivity contribution in [1.82, 2.24) is 15.2 Å². The quantitative estimate of drug-likeness (QED) is 0.880. The predicted molar refractivity (Wildman–Crippen MR) is 105 cm³/mol. The summed E-state index contributed by atoms with van der Waals surface area (Å²) in [7, 11) is 0. The molecule has 0 unspecified atom stereocenters. The summed E-state index contributed by atoms with van der Waals surface area (Å²) in [5.74, 6) is 1.20. The normalized spacial score (nSPS) is 17.5. The number of carbonyl (C=O) groups is 1. The molecule has 0 atom stereocenters. The van der Waals surface area contributed by atoms with Crippen LogP contribution in [0.5, 0.6) is 11.6 Å². The molecule has 2 heterocycles. The van der Waals surface area contributed by atoms with Crippen molar-refractivity contribution in [3.05, 3.63) is 53.2 Å². The summed E-state index contributed by atoms with van der Waals surface area (Å²) in [5.41, 5.74) is 3.36. The highest BCUT2D eigenvalue weighted by molar-refractivity contribution is 5.93. The fourth-order valence-electron chi connectivity index (χ4n) is 3.86. The molecule has 4 rings (SSSR count). The summed E-state index contributed by atoms with van der Waals surface area (Å²) < 4.78 is 5.93. The number of benzene rings is 1. The lowest BCUT2D eigenvalue weighted by atomic mass is 9.91. The van der Waals surface area contributed by atoms with E-state index in [-0.39, 0.29) is 5.91 Å². The lowest BCUT2D eigenvalue weighted by Gasteiger charge is -2.36. The maximum Gasteiger partial charge on any atom is 0.252 e. The van der Waals surface area contributed by atoms with Gasteiger partial charge >= 0.3 is 0 Å². The molecule has 27 heavy (non-hydrogen) atoms. The van der Waals surface area contributed by atoms with Crippen LogP contribution in [0.1, 0.15) is 47.7 Å². The number of carbonyl (C=O) groups excluding carboxylic acids is 1. The molecule has 142 valence electrons. The first-order chi connectivity index (χ1) is 13.2. The molecule has 1 aromatic heterocycles. The Hall–Kier alpha value is -2.40. The zero-order valence-corrected chi connectivity index (χ0v) is 15.9. The van der Waals surface area contributed by atoms with Crippen LogP contribution in [0.2, 0.25) is 0 Å². The minimum atomic E-state index is -0.113. The summed E-state index contributed by atoms with van der Waals surface area (Å²) in [4.78, 5) is 18.7. The lowest BCUT2D eigenvalue weighted by molar-refractivity contribution is 0.0955. The molecular weight excluding hydrogens is 338 g/mol. The van der Waals surface area contributed by atoms with E-state index in [1.807, 2.05) is 13.0 Å². The van der Waals surface area contributed by atoms with Crippen LogP contribution in [0.25, 0.3) is 0 Å². The van der Waals surface area contributed by atoms with E-state index >= 15 is 0 Å². The Labute approximate surface area is 160 Å². The van der Waals surface area contributed by atoms with E-state index in [0.29, 0.717) is 18.0 Å². The number of amides is 1. The summed E-state index contributed by atoms with van der Waals surface area (Å²) >= 11 is 0. The number of hydrogen-bond acceptors (Lipinski definition) is 4. The number of pyridine rings is 1. The van der Waals surface area contributed by atoms with Gasteiger partial charge in [-0.2, -0.15) is 0 Å². The van der Waals surface area contributed by atoms with E-state index in [4.69, 9.17) is 4.74 Å².